The number of carbonyl (C=O) groups excluding carboxylic acids is 3. The average molecular weight is 621 g/mol. The molecule has 5 rings (SSSR count). The summed E-state index contributed by atoms with van der Waals surface area (Å²) < 4.78 is 20.7. The normalized spacial score (nSPS) is 16.6. The van der Waals surface area contributed by atoms with Crippen molar-refractivity contribution in [2.24, 2.45) is 5.92 Å². The zero-order valence-electron chi connectivity index (χ0n) is 24.2. The van der Waals surface area contributed by atoms with Crippen molar-refractivity contribution < 1.29 is 23.5 Å². The van der Waals surface area contributed by atoms with E-state index in [9.17, 15) is 23.6 Å². The van der Waals surface area contributed by atoms with E-state index in [0.717, 1.165) is 0 Å². The van der Waals surface area contributed by atoms with E-state index in [1.165, 1.54) is 30.0 Å². The summed E-state index contributed by atoms with van der Waals surface area (Å²) in [5, 5.41) is 13.8. The number of hydrogen-bond acceptors (Lipinski definition) is 7. The number of esters is 1. The number of benzene rings is 2. The van der Waals surface area contributed by atoms with Crippen LogP contribution in [0.2, 0.25) is 5.02 Å². The van der Waals surface area contributed by atoms with Crippen LogP contribution in [0, 0.1) is 18.7 Å². The largest absolute Gasteiger partial charge is 0.469 e. The summed E-state index contributed by atoms with van der Waals surface area (Å²) in [5.74, 6) is -2.28. The lowest BCUT2D eigenvalue weighted by atomic mass is 9.94. The van der Waals surface area contributed by atoms with Crippen molar-refractivity contribution in [1.29, 1.82) is 0 Å². The number of nitrogens with zero attached hydrogens (tertiary/aromatic N) is 3. The molecule has 3 heterocycles. The molecular weight excluding hydrogens is 591 g/mol. The van der Waals surface area contributed by atoms with Gasteiger partial charge in [-0.15, -0.1) is 5.10 Å². The SMILES string of the molecule is COC(=O)Cc1ccc2c(c1)NC(=O)[C@@H](C)CCC[C@H](NC(=O)c1nnn(-c3cccc(Cl)c3F)c1C)c1cc-2cc(=O)[nH]1. The van der Waals surface area contributed by atoms with Crippen molar-refractivity contribution in [1.82, 2.24) is 25.3 Å². The van der Waals surface area contributed by atoms with Gasteiger partial charge in [-0.2, -0.15) is 0 Å². The van der Waals surface area contributed by atoms with Gasteiger partial charge in [-0.05, 0) is 55.2 Å². The quantitative estimate of drug-likeness (QED) is 0.275. The Morgan fingerprint density at radius 2 is 1.95 bits per heavy atom. The fourth-order valence-electron chi connectivity index (χ4n) is 5.17. The van der Waals surface area contributed by atoms with Crippen LogP contribution in [0.15, 0.2) is 53.3 Å². The molecule has 2 aromatic heterocycles. The third kappa shape index (κ3) is 6.40. The molecule has 228 valence electrons. The molecule has 0 unspecified atom stereocenters. The van der Waals surface area contributed by atoms with Crippen LogP contribution < -0.4 is 16.2 Å². The van der Waals surface area contributed by atoms with Crippen molar-refractivity contribution in [3.05, 3.63) is 92.4 Å². The lowest BCUT2D eigenvalue weighted by Crippen LogP contribution is -2.31. The molecule has 0 spiro atoms. The Balaban J connectivity index is 1.52. The van der Waals surface area contributed by atoms with Crippen molar-refractivity contribution in [3.63, 3.8) is 0 Å². The highest BCUT2D eigenvalue weighted by atomic mass is 35.5. The van der Waals surface area contributed by atoms with Crippen molar-refractivity contribution in [3.8, 4) is 16.8 Å². The summed E-state index contributed by atoms with van der Waals surface area (Å²) in [6.07, 6.45) is 1.46. The molecule has 3 N–H and O–H groups in total. The molecule has 4 aromatic rings. The van der Waals surface area contributed by atoms with Crippen LogP contribution in [0.3, 0.4) is 0 Å². The van der Waals surface area contributed by atoms with Gasteiger partial charge >= 0.3 is 5.97 Å². The molecule has 1 aliphatic heterocycles. The van der Waals surface area contributed by atoms with Crippen LogP contribution in [0.5, 0.6) is 0 Å². The number of aromatic nitrogens is 4. The molecule has 0 saturated heterocycles. The number of rotatable bonds is 5. The van der Waals surface area contributed by atoms with Crippen LogP contribution in [0.1, 0.15) is 59.7 Å². The number of nitrogens with one attached hydrogen (secondary N) is 3. The van der Waals surface area contributed by atoms with Gasteiger partial charge in [0.05, 0.1) is 30.3 Å². The van der Waals surface area contributed by atoms with E-state index in [1.54, 1.807) is 37.3 Å². The fourth-order valence-corrected chi connectivity index (χ4v) is 5.34. The maximum absolute atomic E-state index is 14.7. The average Bonchev–Trinajstić information content (AvgIpc) is 3.38. The number of halogens is 2. The van der Waals surface area contributed by atoms with Crippen LogP contribution in [0.4, 0.5) is 10.1 Å². The first-order chi connectivity index (χ1) is 21.0. The van der Waals surface area contributed by atoms with Crippen LogP contribution >= 0.6 is 11.6 Å². The van der Waals surface area contributed by atoms with E-state index >= 15 is 0 Å². The van der Waals surface area contributed by atoms with Gasteiger partial charge in [-0.25, -0.2) is 9.07 Å². The van der Waals surface area contributed by atoms with E-state index < -0.39 is 29.3 Å². The smallest absolute Gasteiger partial charge is 0.309 e. The van der Waals surface area contributed by atoms with Gasteiger partial charge in [0.1, 0.15) is 5.69 Å². The number of aromatic amines is 1. The predicted molar refractivity (Wildman–Crippen MR) is 161 cm³/mol. The Morgan fingerprint density at radius 3 is 2.73 bits per heavy atom. The van der Waals surface area contributed by atoms with E-state index in [-0.39, 0.29) is 34.6 Å². The number of H-pyrrole nitrogens is 1. The topological polar surface area (TPSA) is 148 Å². The zero-order chi connectivity index (χ0) is 31.5. The molecule has 0 saturated carbocycles. The van der Waals surface area contributed by atoms with Gasteiger partial charge < -0.3 is 20.4 Å². The molecule has 2 amide bonds. The minimum Gasteiger partial charge on any atom is -0.469 e. The molecule has 44 heavy (non-hydrogen) atoms. The maximum atomic E-state index is 14.7. The standard InChI is InChI=1S/C31H30ClFN6O5/c1-16-6-4-8-22(35-31(43)29-17(2)39(38-37-29)25-9-5-7-21(32)28(25)33)24-14-19(15-26(40)34-24)20-11-10-18(13-27(41)44-3)12-23(20)36-30(16)42/h5,7,9-12,14-16,22H,4,6,8,13H2,1-3H3,(H,34,40)(H,35,43)(H,36,42)/t16-,22-/m0/s1. The van der Waals surface area contributed by atoms with Gasteiger partial charge in [0, 0.05) is 28.9 Å². The number of anilines is 1. The minimum absolute atomic E-state index is 0.0118. The van der Waals surface area contributed by atoms with Crippen molar-refractivity contribution in [2.75, 3.05) is 12.4 Å². The first-order valence-corrected chi connectivity index (χ1v) is 14.4. The van der Waals surface area contributed by atoms with E-state index in [1.807, 2.05) is 6.92 Å². The third-order valence-corrected chi connectivity index (χ3v) is 7.91. The summed E-state index contributed by atoms with van der Waals surface area (Å²) in [6, 6.07) is 12.1. The van der Waals surface area contributed by atoms with Crippen molar-refractivity contribution in [2.45, 2.75) is 45.6 Å². The summed E-state index contributed by atoms with van der Waals surface area (Å²) in [4.78, 5) is 54.2. The second-order valence-corrected chi connectivity index (χ2v) is 11.1. The number of ether oxygens (including phenoxy) is 1. The van der Waals surface area contributed by atoms with Crippen LogP contribution in [0.25, 0.3) is 16.8 Å². The third-order valence-electron chi connectivity index (χ3n) is 7.62. The van der Waals surface area contributed by atoms with E-state index in [2.05, 4.69) is 25.9 Å². The Morgan fingerprint density at radius 1 is 1.16 bits per heavy atom. The minimum atomic E-state index is -0.696. The lowest BCUT2D eigenvalue weighted by molar-refractivity contribution is -0.139. The Bertz CT molecular complexity index is 1820. The monoisotopic (exact) mass is 620 g/mol. The Hall–Kier alpha value is -4.84. The number of pyridine rings is 1. The molecule has 2 aromatic carbocycles. The second kappa shape index (κ2) is 12.8. The molecule has 0 fully saturated rings. The predicted octanol–water partition coefficient (Wildman–Crippen LogP) is 4.67. The highest BCUT2D eigenvalue weighted by Crippen LogP contribution is 2.32. The molecule has 2 atom stereocenters. The number of fused-ring (bicyclic) bond motifs is 4. The highest BCUT2D eigenvalue weighted by molar-refractivity contribution is 6.30. The molecule has 0 radical (unpaired) electrons. The number of hydrogen-bond donors (Lipinski definition) is 3. The summed E-state index contributed by atoms with van der Waals surface area (Å²) in [7, 11) is 1.30. The number of carbonyl (C=O) groups is 3. The van der Waals surface area contributed by atoms with Crippen molar-refractivity contribution >= 4 is 35.1 Å². The van der Waals surface area contributed by atoms with Gasteiger partial charge in [0.25, 0.3) is 5.91 Å². The Kier molecular flexibility index (Phi) is 8.91. The van der Waals surface area contributed by atoms with Gasteiger partial charge in [-0.3, -0.25) is 19.2 Å². The number of methoxy groups -OCH3 is 1. The molecule has 2 bridgehead atoms. The maximum Gasteiger partial charge on any atom is 0.309 e. The van der Waals surface area contributed by atoms with Crippen LogP contribution in [-0.4, -0.2) is 44.9 Å². The zero-order valence-corrected chi connectivity index (χ0v) is 25.0. The summed E-state index contributed by atoms with van der Waals surface area (Å²) in [5.41, 5.74) is 2.52. The second-order valence-electron chi connectivity index (χ2n) is 10.7. The Labute approximate surface area is 256 Å². The lowest BCUT2D eigenvalue weighted by Gasteiger charge is -2.22. The number of amides is 2. The van der Waals surface area contributed by atoms with E-state index in [4.69, 9.17) is 16.3 Å². The summed E-state index contributed by atoms with van der Waals surface area (Å²) >= 11 is 5.93. The van der Waals surface area contributed by atoms with Gasteiger partial charge in [0.2, 0.25) is 11.5 Å². The molecular formula is C31H30ClFN6O5. The first-order valence-electron chi connectivity index (χ1n) is 14.0. The fraction of sp³-hybridized carbons (Fsp3) is 0.290. The van der Waals surface area contributed by atoms with Gasteiger partial charge in [0.15, 0.2) is 11.5 Å². The molecule has 13 heteroatoms. The molecule has 11 nitrogen and oxygen atoms in total. The van der Waals surface area contributed by atoms with E-state index in [0.29, 0.717) is 53.0 Å². The molecule has 1 aliphatic rings. The van der Waals surface area contributed by atoms with Crippen LogP contribution in [-0.2, 0) is 20.7 Å². The summed E-state index contributed by atoms with van der Waals surface area (Å²) in [6.45, 7) is 3.40. The molecule has 0 aliphatic carbocycles. The first kappa shape index (κ1) is 30.6. The van der Waals surface area contributed by atoms with Gasteiger partial charge in [-0.1, -0.05) is 48.4 Å². The highest BCUT2D eigenvalue weighted by Gasteiger charge is 2.25.